The van der Waals surface area contributed by atoms with Crippen molar-refractivity contribution in [3.63, 3.8) is 0 Å². The number of rotatable bonds is 4. The Bertz CT molecular complexity index is 839. The number of primary amides is 1. The summed E-state index contributed by atoms with van der Waals surface area (Å²) in [5.41, 5.74) is 5.19. The number of halogens is 3. The van der Waals surface area contributed by atoms with E-state index < -0.39 is 35.2 Å². The van der Waals surface area contributed by atoms with Gasteiger partial charge in [-0.15, -0.1) is 0 Å². The Morgan fingerprint density at radius 1 is 1.04 bits per heavy atom. The van der Waals surface area contributed by atoms with E-state index in [-0.39, 0.29) is 22.7 Å². The molecule has 1 aliphatic carbocycles. The summed E-state index contributed by atoms with van der Waals surface area (Å²) < 4.78 is 40.3. The zero-order valence-electron chi connectivity index (χ0n) is 12.4. The Labute approximate surface area is 135 Å². The average molecular weight is 334 g/mol. The fourth-order valence-corrected chi connectivity index (χ4v) is 2.66. The lowest BCUT2D eigenvalue weighted by Gasteiger charge is -2.07. The summed E-state index contributed by atoms with van der Waals surface area (Å²) in [6.07, 6.45) is 0.427. The highest BCUT2D eigenvalue weighted by Gasteiger charge is 2.45. The topological polar surface area (TPSA) is 72.2 Å². The van der Waals surface area contributed by atoms with E-state index in [0.717, 1.165) is 18.2 Å². The van der Waals surface area contributed by atoms with Crippen LogP contribution in [-0.4, -0.2) is 11.8 Å². The zero-order chi connectivity index (χ0) is 17.4. The summed E-state index contributed by atoms with van der Waals surface area (Å²) in [6, 6.07) is 6.77. The van der Waals surface area contributed by atoms with Gasteiger partial charge in [-0.25, -0.2) is 13.2 Å². The molecule has 0 radical (unpaired) electrons. The van der Waals surface area contributed by atoms with E-state index in [4.69, 9.17) is 5.73 Å². The molecule has 0 saturated heterocycles. The Morgan fingerprint density at radius 2 is 1.79 bits per heavy atom. The van der Waals surface area contributed by atoms with Gasteiger partial charge in [0.05, 0.1) is 5.56 Å². The summed E-state index contributed by atoms with van der Waals surface area (Å²) in [5, 5.41) is 2.51. The third-order valence-electron chi connectivity index (χ3n) is 3.99. The smallest absolute Gasteiger partial charge is 0.251 e. The number of nitrogens with two attached hydrogens (primary N) is 1. The van der Waals surface area contributed by atoms with Gasteiger partial charge in [0.25, 0.3) is 5.91 Å². The van der Waals surface area contributed by atoms with E-state index in [9.17, 15) is 22.8 Å². The van der Waals surface area contributed by atoms with Crippen molar-refractivity contribution in [1.82, 2.24) is 0 Å². The maximum atomic E-state index is 13.7. The molecular formula is C17H13F3N2O2. The largest absolute Gasteiger partial charge is 0.366 e. The second-order valence-electron chi connectivity index (χ2n) is 5.66. The standard InChI is InChI=1S/C17H13F3N2O2/c18-8-1-3-10(14(19)5-8)12-7-13(12)17(24)22-9-2-4-11(16(21)23)15(20)6-9/h1-6,12-13H,7H2,(H2,21,23)(H,22,24)/t12-,13-/m1/s1. The first-order valence-electron chi connectivity index (χ1n) is 7.22. The van der Waals surface area contributed by atoms with Crippen LogP contribution in [-0.2, 0) is 4.79 Å². The summed E-state index contributed by atoms with van der Waals surface area (Å²) >= 11 is 0. The second kappa shape index (κ2) is 5.99. The van der Waals surface area contributed by atoms with Crippen LogP contribution in [0.1, 0.15) is 28.3 Å². The van der Waals surface area contributed by atoms with Crippen LogP contribution in [0.5, 0.6) is 0 Å². The fourth-order valence-electron chi connectivity index (χ4n) is 2.66. The van der Waals surface area contributed by atoms with E-state index in [0.29, 0.717) is 6.42 Å². The van der Waals surface area contributed by atoms with Crippen LogP contribution < -0.4 is 11.1 Å². The van der Waals surface area contributed by atoms with Gasteiger partial charge in [0.2, 0.25) is 5.91 Å². The molecule has 3 rings (SSSR count). The van der Waals surface area contributed by atoms with Gasteiger partial charge >= 0.3 is 0 Å². The molecule has 124 valence electrons. The normalized spacial score (nSPS) is 19.0. The minimum Gasteiger partial charge on any atom is -0.366 e. The van der Waals surface area contributed by atoms with Crippen LogP contribution in [0.15, 0.2) is 36.4 Å². The predicted octanol–water partition coefficient (Wildman–Crippen LogP) is 2.95. The summed E-state index contributed by atoms with van der Waals surface area (Å²) in [7, 11) is 0. The molecule has 24 heavy (non-hydrogen) atoms. The van der Waals surface area contributed by atoms with Crippen molar-refractivity contribution >= 4 is 17.5 Å². The summed E-state index contributed by atoms with van der Waals surface area (Å²) in [4.78, 5) is 23.1. The van der Waals surface area contributed by atoms with Crippen molar-refractivity contribution in [2.24, 2.45) is 11.7 Å². The third kappa shape index (κ3) is 3.10. The first-order chi connectivity index (χ1) is 11.4. The number of hydrogen-bond donors (Lipinski definition) is 2. The zero-order valence-corrected chi connectivity index (χ0v) is 12.4. The van der Waals surface area contributed by atoms with E-state index in [1.807, 2.05) is 0 Å². The number of carbonyl (C=O) groups is 2. The molecule has 2 aromatic rings. The maximum absolute atomic E-state index is 13.7. The number of benzene rings is 2. The highest BCUT2D eigenvalue weighted by Crippen LogP contribution is 2.48. The minimum atomic E-state index is -0.903. The van der Waals surface area contributed by atoms with Crippen LogP contribution in [0, 0.1) is 23.4 Å². The minimum absolute atomic E-state index is 0.174. The van der Waals surface area contributed by atoms with Gasteiger partial charge < -0.3 is 11.1 Å². The molecule has 0 aromatic heterocycles. The average Bonchev–Trinajstić information content (AvgIpc) is 3.27. The number of nitrogens with one attached hydrogen (secondary N) is 1. The van der Waals surface area contributed by atoms with Crippen LogP contribution in [0.3, 0.4) is 0 Å². The van der Waals surface area contributed by atoms with Crippen molar-refractivity contribution in [2.75, 3.05) is 5.32 Å². The lowest BCUT2D eigenvalue weighted by Crippen LogP contribution is -2.16. The van der Waals surface area contributed by atoms with E-state index >= 15 is 0 Å². The summed E-state index contributed by atoms with van der Waals surface area (Å²) in [5.74, 6) is -4.30. The molecule has 3 N–H and O–H groups in total. The third-order valence-corrected chi connectivity index (χ3v) is 3.99. The SMILES string of the molecule is NC(=O)c1ccc(NC(=O)[C@@H]2C[C@@H]2c2ccc(F)cc2F)cc1F. The fraction of sp³-hybridized carbons (Fsp3) is 0.176. The quantitative estimate of drug-likeness (QED) is 0.902. The molecule has 2 aromatic carbocycles. The second-order valence-corrected chi connectivity index (χ2v) is 5.66. The molecule has 4 nitrogen and oxygen atoms in total. The van der Waals surface area contributed by atoms with Gasteiger partial charge in [-0.2, -0.15) is 0 Å². The van der Waals surface area contributed by atoms with E-state index in [1.165, 1.54) is 18.2 Å². The molecule has 7 heteroatoms. The van der Waals surface area contributed by atoms with Gasteiger partial charge in [-0.05, 0) is 42.2 Å². The Kier molecular flexibility index (Phi) is 4.01. The lowest BCUT2D eigenvalue weighted by atomic mass is 10.1. The maximum Gasteiger partial charge on any atom is 0.251 e. The molecule has 1 aliphatic rings. The number of anilines is 1. The van der Waals surface area contributed by atoms with Gasteiger partial charge in [-0.1, -0.05) is 6.07 Å². The molecule has 1 fully saturated rings. The molecule has 1 saturated carbocycles. The molecule has 0 aliphatic heterocycles. The molecular weight excluding hydrogens is 321 g/mol. The highest BCUT2D eigenvalue weighted by atomic mass is 19.1. The van der Waals surface area contributed by atoms with E-state index in [2.05, 4.69) is 5.32 Å². The molecule has 0 spiro atoms. The van der Waals surface area contributed by atoms with Crippen LogP contribution >= 0.6 is 0 Å². The Morgan fingerprint density at radius 3 is 2.42 bits per heavy atom. The monoisotopic (exact) mass is 334 g/mol. The van der Waals surface area contributed by atoms with Crippen molar-refractivity contribution < 1.29 is 22.8 Å². The molecule has 0 unspecified atom stereocenters. The Balaban J connectivity index is 1.69. The first-order valence-corrected chi connectivity index (χ1v) is 7.22. The van der Waals surface area contributed by atoms with Crippen molar-refractivity contribution in [2.45, 2.75) is 12.3 Å². The lowest BCUT2D eigenvalue weighted by molar-refractivity contribution is -0.117. The van der Waals surface area contributed by atoms with Crippen LogP contribution in [0.4, 0.5) is 18.9 Å². The van der Waals surface area contributed by atoms with Gasteiger partial charge in [0.15, 0.2) is 0 Å². The number of hydrogen-bond acceptors (Lipinski definition) is 2. The van der Waals surface area contributed by atoms with Crippen LogP contribution in [0.2, 0.25) is 0 Å². The summed E-state index contributed by atoms with van der Waals surface area (Å²) in [6.45, 7) is 0. The first kappa shape index (κ1) is 16.0. The molecule has 2 atom stereocenters. The Hall–Kier alpha value is -2.83. The predicted molar refractivity (Wildman–Crippen MR) is 80.8 cm³/mol. The molecule has 2 amide bonds. The molecule has 0 heterocycles. The van der Waals surface area contributed by atoms with Gasteiger partial charge in [-0.3, -0.25) is 9.59 Å². The highest BCUT2D eigenvalue weighted by molar-refractivity contribution is 5.97. The van der Waals surface area contributed by atoms with Crippen molar-refractivity contribution in [3.8, 4) is 0 Å². The van der Waals surface area contributed by atoms with Crippen LogP contribution in [0.25, 0.3) is 0 Å². The molecule has 0 bridgehead atoms. The number of carbonyl (C=O) groups excluding carboxylic acids is 2. The van der Waals surface area contributed by atoms with Crippen molar-refractivity contribution in [3.05, 3.63) is 65.0 Å². The van der Waals surface area contributed by atoms with Gasteiger partial charge in [0.1, 0.15) is 17.5 Å². The van der Waals surface area contributed by atoms with E-state index in [1.54, 1.807) is 0 Å². The number of amides is 2. The van der Waals surface area contributed by atoms with Gasteiger partial charge in [0, 0.05) is 17.7 Å². The van der Waals surface area contributed by atoms with Crippen molar-refractivity contribution in [1.29, 1.82) is 0 Å².